The Morgan fingerprint density at radius 3 is 2.57 bits per heavy atom. The molecule has 0 aliphatic carbocycles. The van der Waals surface area contributed by atoms with E-state index < -0.39 is 0 Å². The third-order valence-corrected chi connectivity index (χ3v) is 2.31. The predicted molar refractivity (Wildman–Crippen MR) is 50.0 cm³/mol. The van der Waals surface area contributed by atoms with Crippen LogP contribution in [-0.2, 0) is 17.2 Å². The second-order valence-electron chi connectivity index (χ2n) is 3.11. The molecule has 0 aromatic carbocycles. The van der Waals surface area contributed by atoms with E-state index in [1.165, 1.54) is 0 Å². The van der Waals surface area contributed by atoms with Crippen LogP contribution in [0, 0.1) is 0 Å². The maximum atomic E-state index is 5.55. The zero-order valence-electron chi connectivity index (χ0n) is 7.78. The molecule has 0 N–H and O–H groups in total. The summed E-state index contributed by atoms with van der Waals surface area (Å²) in [5.74, 6) is 1.38. The molecule has 0 atom stereocenters. The highest BCUT2D eigenvalue weighted by molar-refractivity contribution is 6.16. The van der Waals surface area contributed by atoms with Crippen molar-refractivity contribution in [2.45, 2.75) is 12.4 Å². The minimum Gasteiger partial charge on any atom is -0.423 e. The largest absolute Gasteiger partial charge is 0.423 e. The molecule has 0 saturated carbocycles. The molecule has 0 amide bonds. The van der Waals surface area contributed by atoms with Crippen molar-refractivity contribution in [3.8, 4) is 0 Å². The van der Waals surface area contributed by atoms with E-state index in [-0.39, 0.29) is 5.88 Å². The first-order valence-corrected chi connectivity index (χ1v) is 5.09. The average Bonchev–Trinajstić information content (AvgIpc) is 2.67. The van der Waals surface area contributed by atoms with Gasteiger partial charge in [0, 0.05) is 13.1 Å². The third kappa shape index (κ3) is 2.43. The van der Waals surface area contributed by atoms with Crippen molar-refractivity contribution in [2.24, 2.45) is 0 Å². The lowest BCUT2D eigenvalue weighted by Crippen LogP contribution is -2.35. The van der Waals surface area contributed by atoms with Crippen LogP contribution in [0.3, 0.4) is 0 Å². The first-order valence-electron chi connectivity index (χ1n) is 4.56. The molecule has 6 heteroatoms. The summed E-state index contributed by atoms with van der Waals surface area (Å²) in [6, 6.07) is 0. The molecule has 1 aromatic heterocycles. The first kappa shape index (κ1) is 9.89. The summed E-state index contributed by atoms with van der Waals surface area (Å²) in [6.45, 7) is 4.07. The van der Waals surface area contributed by atoms with Crippen LogP contribution in [0.25, 0.3) is 0 Å². The number of ether oxygens (including phenoxy) is 1. The van der Waals surface area contributed by atoms with Crippen molar-refractivity contribution in [2.75, 3.05) is 26.3 Å². The second-order valence-corrected chi connectivity index (χ2v) is 3.38. The lowest BCUT2D eigenvalue weighted by Gasteiger charge is -2.24. The van der Waals surface area contributed by atoms with Gasteiger partial charge in [-0.05, 0) is 0 Å². The standard InChI is InChI=1S/C8H12ClN3O2/c9-5-7-10-11-8(14-7)6-12-1-3-13-4-2-12/h1-6H2. The SMILES string of the molecule is ClCc1nnc(CN2CCOCC2)o1. The Hall–Kier alpha value is -0.650. The first-order chi connectivity index (χ1) is 6.88. The van der Waals surface area contributed by atoms with Gasteiger partial charge in [-0.3, -0.25) is 4.90 Å². The minimum atomic E-state index is 0.274. The molecular formula is C8H12ClN3O2. The maximum Gasteiger partial charge on any atom is 0.231 e. The molecule has 0 unspecified atom stereocenters. The van der Waals surface area contributed by atoms with Crippen LogP contribution in [0.15, 0.2) is 4.42 Å². The van der Waals surface area contributed by atoms with E-state index >= 15 is 0 Å². The van der Waals surface area contributed by atoms with Crippen molar-refractivity contribution >= 4 is 11.6 Å². The normalized spacial score (nSPS) is 18.6. The summed E-state index contributed by atoms with van der Waals surface area (Å²) in [4.78, 5) is 2.22. The minimum absolute atomic E-state index is 0.274. The Morgan fingerprint density at radius 1 is 1.21 bits per heavy atom. The molecular weight excluding hydrogens is 206 g/mol. The fraction of sp³-hybridized carbons (Fsp3) is 0.750. The zero-order chi connectivity index (χ0) is 9.80. The highest BCUT2D eigenvalue weighted by Gasteiger charge is 2.14. The zero-order valence-corrected chi connectivity index (χ0v) is 8.53. The smallest absolute Gasteiger partial charge is 0.231 e. The Balaban J connectivity index is 1.89. The van der Waals surface area contributed by atoms with Gasteiger partial charge in [0.2, 0.25) is 11.8 Å². The van der Waals surface area contributed by atoms with Crippen LogP contribution >= 0.6 is 11.6 Å². The lowest BCUT2D eigenvalue weighted by atomic mass is 10.4. The molecule has 78 valence electrons. The molecule has 1 saturated heterocycles. The van der Waals surface area contributed by atoms with Gasteiger partial charge in [0.25, 0.3) is 0 Å². The molecule has 0 bridgehead atoms. The number of aromatic nitrogens is 2. The van der Waals surface area contributed by atoms with Gasteiger partial charge in [-0.1, -0.05) is 0 Å². The number of rotatable bonds is 3. The van der Waals surface area contributed by atoms with Gasteiger partial charge >= 0.3 is 0 Å². The molecule has 1 fully saturated rings. The van der Waals surface area contributed by atoms with Gasteiger partial charge in [0.1, 0.15) is 5.88 Å². The molecule has 2 rings (SSSR count). The number of nitrogens with zero attached hydrogens (tertiary/aromatic N) is 3. The van der Waals surface area contributed by atoms with Gasteiger partial charge in [-0.25, -0.2) is 0 Å². The van der Waals surface area contributed by atoms with Gasteiger partial charge < -0.3 is 9.15 Å². The molecule has 1 aliphatic heterocycles. The third-order valence-electron chi connectivity index (χ3n) is 2.09. The highest BCUT2D eigenvalue weighted by Crippen LogP contribution is 2.07. The Bertz CT molecular complexity index is 286. The summed E-state index contributed by atoms with van der Waals surface area (Å²) in [7, 11) is 0. The molecule has 0 spiro atoms. The van der Waals surface area contributed by atoms with E-state index in [0.29, 0.717) is 18.3 Å². The molecule has 5 nitrogen and oxygen atoms in total. The van der Waals surface area contributed by atoms with Crippen molar-refractivity contribution in [1.29, 1.82) is 0 Å². The van der Waals surface area contributed by atoms with Crippen LogP contribution in [-0.4, -0.2) is 41.4 Å². The summed E-state index contributed by atoms with van der Waals surface area (Å²) in [5, 5.41) is 7.69. The molecule has 0 radical (unpaired) electrons. The number of hydrogen-bond acceptors (Lipinski definition) is 5. The van der Waals surface area contributed by atoms with Gasteiger partial charge in [-0.2, -0.15) is 0 Å². The highest BCUT2D eigenvalue weighted by atomic mass is 35.5. The van der Waals surface area contributed by atoms with E-state index in [0.717, 1.165) is 26.3 Å². The van der Waals surface area contributed by atoms with Crippen LogP contribution in [0.2, 0.25) is 0 Å². The van der Waals surface area contributed by atoms with E-state index in [2.05, 4.69) is 15.1 Å². The van der Waals surface area contributed by atoms with E-state index in [9.17, 15) is 0 Å². The van der Waals surface area contributed by atoms with E-state index in [1.807, 2.05) is 0 Å². The number of morpholine rings is 1. The number of alkyl halides is 1. The Kier molecular flexibility index (Phi) is 3.34. The number of halogens is 1. The molecule has 14 heavy (non-hydrogen) atoms. The van der Waals surface area contributed by atoms with E-state index in [1.54, 1.807) is 0 Å². The summed E-state index contributed by atoms with van der Waals surface area (Å²) < 4.78 is 10.5. The van der Waals surface area contributed by atoms with Crippen molar-refractivity contribution < 1.29 is 9.15 Å². The quantitative estimate of drug-likeness (QED) is 0.696. The Labute approximate surface area is 87.0 Å². The molecule has 1 aliphatic rings. The van der Waals surface area contributed by atoms with Crippen LogP contribution < -0.4 is 0 Å². The predicted octanol–water partition coefficient (Wildman–Crippen LogP) is 0.641. The van der Waals surface area contributed by atoms with Crippen molar-refractivity contribution in [3.63, 3.8) is 0 Å². The van der Waals surface area contributed by atoms with Crippen molar-refractivity contribution in [1.82, 2.24) is 15.1 Å². The van der Waals surface area contributed by atoms with Crippen LogP contribution in [0.4, 0.5) is 0 Å². The summed E-state index contributed by atoms with van der Waals surface area (Å²) >= 11 is 5.55. The summed E-state index contributed by atoms with van der Waals surface area (Å²) in [6.07, 6.45) is 0. The fourth-order valence-electron chi connectivity index (χ4n) is 1.36. The summed E-state index contributed by atoms with van der Waals surface area (Å²) in [5.41, 5.74) is 0. The monoisotopic (exact) mass is 217 g/mol. The van der Waals surface area contributed by atoms with Crippen molar-refractivity contribution in [3.05, 3.63) is 11.8 Å². The van der Waals surface area contributed by atoms with Crippen LogP contribution in [0.5, 0.6) is 0 Å². The van der Waals surface area contributed by atoms with Crippen LogP contribution in [0.1, 0.15) is 11.8 Å². The van der Waals surface area contributed by atoms with Gasteiger partial charge in [0.05, 0.1) is 19.8 Å². The Morgan fingerprint density at radius 2 is 1.93 bits per heavy atom. The molecule has 1 aromatic rings. The van der Waals surface area contributed by atoms with E-state index in [4.69, 9.17) is 20.8 Å². The maximum absolute atomic E-state index is 5.55. The topological polar surface area (TPSA) is 51.4 Å². The fourth-order valence-corrected chi connectivity index (χ4v) is 1.46. The molecule has 2 heterocycles. The van der Waals surface area contributed by atoms with Gasteiger partial charge in [-0.15, -0.1) is 21.8 Å². The van der Waals surface area contributed by atoms with Gasteiger partial charge in [0.15, 0.2) is 0 Å². The second kappa shape index (κ2) is 4.72. The lowest BCUT2D eigenvalue weighted by molar-refractivity contribution is 0.0304. The number of hydrogen-bond donors (Lipinski definition) is 0. The average molecular weight is 218 g/mol.